The zero-order valence-electron chi connectivity index (χ0n) is 27.9. The van der Waals surface area contributed by atoms with Gasteiger partial charge >= 0.3 is 125 Å². The van der Waals surface area contributed by atoms with Gasteiger partial charge < -0.3 is 56.0 Å². The van der Waals surface area contributed by atoms with Crippen LogP contribution in [0.4, 0.5) is 0 Å². The maximum Gasteiger partial charge on any atom is 4.00 e. The van der Waals surface area contributed by atoms with Crippen molar-refractivity contribution >= 4 is 24.8 Å². The SMILES string of the molecule is C1=CC2[CH-]C3CCCCC3C2C=C1.[C-]1=CC=CC1.[Cl-].[Cl-].[Cl-].[Cl-].[Zr+2]=[C](c1ccccc1)c1ccccc1.[Zr+4].c1ccc2c(c1)[cH-]c1ccccc12. The molecule has 2 fully saturated rings. The predicted molar refractivity (Wildman–Crippen MR) is 190 cm³/mol. The van der Waals surface area contributed by atoms with Crippen molar-refractivity contribution in [3.63, 3.8) is 0 Å². The molecule has 4 atom stereocenters. The molecule has 4 aliphatic carbocycles. The van der Waals surface area contributed by atoms with Crippen LogP contribution in [0.15, 0.2) is 158 Å². The van der Waals surface area contributed by atoms with Crippen LogP contribution in [0, 0.1) is 36.2 Å². The molecule has 0 N–H and O–H groups in total. The van der Waals surface area contributed by atoms with Gasteiger partial charge in [0, 0.05) is 0 Å². The van der Waals surface area contributed by atoms with Crippen LogP contribution in [-0.2, 0) is 50.4 Å². The fraction of sp³-hybridized carbons (Fsp3) is 0.205. The van der Waals surface area contributed by atoms with Crippen molar-refractivity contribution < 1.29 is 100 Å². The molecule has 0 bridgehead atoms. The van der Waals surface area contributed by atoms with Crippen LogP contribution in [0.2, 0.25) is 0 Å². The van der Waals surface area contributed by atoms with E-state index in [4.69, 9.17) is 0 Å². The summed E-state index contributed by atoms with van der Waals surface area (Å²) in [6.45, 7) is 0. The molecule has 0 radical (unpaired) electrons. The Kier molecular flexibility index (Phi) is 23.0. The van der Waals surface area contributed by atoms with Gasteiger partial charge in [-0.1, -0.05) is 86.2 Å². The molecule has 5 aromatic rings. The third-order valence-electron chi connectivity index (χ3n) is 9.29. The topological polar surface area (TPSA) is 0 Å². The average Bonchev–Trinajstić information content (AvgIpc) is 3.90. The second-order valence-electron chi connectivity index (χ2n) is 12.2. The molecule has 4 unspecified atom stereocenters. The molecule has 0 saturated heterocycles. The van der Waals surface area contributed by atoms with E-state index in [0.29, 0.717) is 0 Å². The second-order valence-corrected chi connectivity index (χ2v) is 13.4. The first-order valence-corrected chi connectivity index (χ1v) is 17.6. The molecular weight excluding hydrogens is 853 g/mol. The predicted octanol–water partition coefficient (Wildman–Crippen LogP) is -0.798. The number of benzene rings is 4. The number of allylic oxidation sites excluding steroid dienone is 8. The quantitative estimate of drug-likeness (QED) is 0.204. The molecule has 0 amide bonds. The van der Waals surface area contributed by atoms with Gasteiger partial charge in [0.1, 0.15) is 0 Å². The van der Waals surface area contributed by atoms with E-state index in [-0.39, 0.29) is 75.8 Å². The summed E-state index contributed by atoms with van der Waals surface area (Å²) in [5.41, 5.74) is 2.66. The summed E-state index contributed by atoms with van der Waals surface area (Å²) in [5, 5.41) is 5.39. The minimum atomic E-state index is 0. The van der Waals surface area contributed by atoms with Crippen molar-refractivity contribution in [2.45, 2.75) is 32.1 Å². The number of halogens is 4. The van der Waals surface area contributed by atoms with Crippen LogP contribution >= 0.6 is 0 Å². The van der Waals surface area contributed by atoms with Gasteiger partial charge in [-0.15, -0.1) is 58.2 Å². The van der Waals surface area contributed by atoms with E-state index < -0.39 is 0 Å². The summed E-state index contributed by atoms with van der Waals surface area (Å²) in [6, 6.07) is 40.4. The van der Waals surface area contributed by atoms with Gasteiger partial charge in [0.05, 0.1) is 0 Å². The minimum absolute atomic E-state index is 0. The van der Waals surface area contributed by atoms with Gasteiger partial charge in [-0.3, -0.25) is 6.08 Å². The van der Waals surface area contributed by atoms with Gasteiger partial charge in [-0.05, 0) is 5.92 Å². The molecule has 0 aromatic heterocycles. The van der Waals surface area contributed by atoms with Crippen molar-refractivity contribution in [1.82, 2.24) is 0 Å². The van der Waals surface area contributed by atoms with Crippen LogP contribution in [0.1, 0.15) is 43.2 Å². The zero-order valence-corrected chi connectivity index (χ0v) is 35.9. The molecule has 4 aliphatic rings. The summed E-state index contributed by atoms with van der Waals surface area (Å²) in [5.74, 6) is 3.56. The summed E-state index contributed by atoms with van der Waals surface area (Å²) in [7, 11) is 0. The van der Waals surface area contributed by atoms with E-state index in [1.165, 1.54) is 85.8 Å². The number of fused-ring (bicyclic) bond motifs is 6. The monoisotopic (exact) mass is 889 g/mol. The molecular formula is C44H41Cl4Zr2-. The Morgan fingerprint density at radius 3 is 1.66 bits per heavy atom. The average molecular weight is 894 g/mol. The van der Waals surface area contributed by atoms with E-state index in [0.717, 1.165) is 30.1 Å². The molecule has 9 rings (SSSR count). The first-order valence-electron chi connectivity index (χ1n) is 16.4. The number of hydrogen-bond donors (Lipinski definition) is 0. The molecule has 50 heavy (non-hydrogen) atoms. The van der Waals surface area contributed by atoms with E-state index >= 15 is 0 Å². The molecule has 0 nitrogen and oxygen atoms in total. The van der Waals surface area contributed by atoms with E-state index in [1.807, 2.05) is 12.2 Å². The summed E-state index contributed by atoms with van der Waals surface area (Å²) < 4.78 is 1.42. The number of hydrogen-bond acceptors (Lipinski definition) is 0. The van der Waals surface area contributed by atoms with Crippen LogP contribution in [0.25, 0.3) is 21.5 Å². The first-order chi connectivity index (χ1) is 22.3. The minimum Gasteiger partial charge on any atom is -0.126 e. The summed E-state index contributed by atoms with van der Waals surface area (Å²) in [6.07, 6.45) is 27.8. The molecule has 0 aliphatic heterocycles. The standard InChI is InChI=1S/C13H17.C13H9.C13H10.C5H5.4ClH.2Zr/c2*1-3-7-12-10(5-1)9-11-6-2-4-8-13(11)12;1-3-7-12(8-4-1)11-13-9-5-2-6-10-13;1-2-4-5-3-1;;;;;;/h1,3,5,7,9-13H,2,4,6,8H2;1-9H;1-10H;1-3H,4H2;4*1H;;/q2*-1;;-1;;;;;+2;+4/p-4. The Morgan fingerprint density at radius 1 is 0.620 bits per heavy atom. The van der Waals surface area contributed by atoms with Crippen LogP contribution < -0.4 is 49.6 Å². The zero-order chi connectivity index (χ0) is 30.7. The maximum atomic E-state index is 2.99. The van der Waals surface area contributed by atoms with Crippen LogP contribution in [0.5, 0.6) is 0 Å². The Bertz CT molecular complexity index is 1710. The molecule has 0 spiro atoms. The molecule has 5 aromatic carbocycles. The van der Waals surface area contributed by atoms with Crippen molar-refractivity contribution in [2.75, 3.05) is 0 Å². The summed E-state index contributed by atoms with van der Waals surface area (Å²) in [4.78, 5) is 0. The third kappa shape index (κ3) is 12.6. The van der Waals surface area contributed by atoms with Gasteiger partial charge in [0.2, 0.25) is 0 Å². The van der Waals surface area contributed by atoms with Crippen molar-refractivity contribution in [2.24, 2.45) is 23.7 Å². The second kappa shape index (κ2) is 24.7. The Morgan fingerprint density at radius 2 is 1.14 bits per heavy atom. The van der Waals surface area contributed by atoms with Crippen molar-refractivity contribution in [1.29, 1.82) is 0 Å². The number of rotatable bonds is 2. The van der Waals surface area contributed by atoms with Gasteiger partial charge in [-0.2, -0.15) is 12.0 Å². The van der Waals surface area contributed by atoms with Crippen molar-refractivity contribution in [3.8, 4) is 0 Å². The Balaban J connectivity index is 0.000000335. The van der Waals surface area contributed by atoms with Crippen LogP contribution in [0.3, 0.4) is 0 Å². The molecule has 0 heterocycles. The largest absolute Gasteiger partial charge is 4.00 e. The molecule has 6 heteroatoms. The van der Waals surface area contributed by atoms with Crippen molar-refractivity contribution in [3.05, 3.63) is 181 Å². The molecule has 2 saturated carbocycles. The maximum absolute atomic E-state index is 2.99. The van der Waals surface area contributed by atoms with E-state index in [2.05, 4.69) is 158 Å². The van der Waals surface area contributed by atoms with Gasteiger partial charge in [0.15, 0.2) is 0 Å². The Hall–Kier alpha value is -1.49. The normalized spacial score (nSPS) is 19.7. The smallest absolute Gasteiger partial charge is 0.126 e. The Labute approximate surface area is 358 Å². The van der Waals surface area contributed by atoms with Gasteiger partial charge in [-0.25, -0.2) is 12.2 Å². The fourth-order valence-corrected chi connectivity index (χ4v) is 7.89. The van der Waals surface area contributed by atoms with E-state index in [9.17, 15) is 0 Å². The van der Waals surface area contributed by atoms with E-state index in [1.54, 1.807) is 0 Å². The summed E-state index contributed by atoms with van der Waals surface area (Å²) >= 11 is 1.46. The molecule has 254 valence electrons. The fourth-order valence-electron chi connectivity index (χ4n) is 7.07. The van der Waals surface area contributed by atoms with Gasteiger partial charge in [0.25, 0.3) is 0 Å². The third-order valence-corrected chi connectivity index (χ3v) is 10.7. The first kappa shape index (κ1) is 46.5. The van der Waals surface area contributed by atoms with Crippen LogP contribution in [-0.4, -0.2) is 3.21 Å².